The van der Waals surface area contributed by atoms with Crippen LogP contribution >= 0.6 is 0 Å². The van der Waals surface area contributed by atoms with Gasteiger partial charge in [0.25, 0.3) is 0 Å². The van der Waals surface area contributed by atoms with Crippen molar-refractivity contribution >= 4 is 11.9 Å². The first-order valence-corrected chi connectivity index (χ1v) is 5.46. The lowest BCUT2D eigenvalue weighted by Crippen LogP contribution is -2.51. The molecule has 7 heteroatoms. The number of carbonyl (C=O) groups excluding carboxylic acids is 2. The number of aliphatic hydroxyl groups is 2. The minimum atomic E-state index is -1.55. The summed E-state index contributed by atoms with van der Waals surface area (Å²) >= 11 is 0. The normalized spacial score (nSPS) is 15.8. The third-order valence-corrected chi connectivity index (χ3v) is 2.40. The van der Waals surface area contributed by atoms with Crippen LogP contribution < -0.4 is 11.1 Å². The molecule has 5 N–H and O–H groups in total. The van der Waals surface area contributed by atoms with Gasteiger partial charge in [-0.15, -0.1) is 0 Å². The summed E-state index contributed by atoms with van der Waals surface area (Å²) in [7, 11) is 0. The molecule has 0 fully saturated rings. The van der Waals surface area contributed by atoms with E-state index in [1.54, 1.807) is 13.8 Å². The Balaban J connectivity index is 4.36. The molecule has 0 saturated carbocycles. The highest BCUT2D eigenvalue weighted by Crippen LogP contribution is 2.07. The molecular weight excluding hydrogens is 228 g/mol. The second kappa shape index (κ2) is 7.21. The fraction of sp³-hybridized carbons (Fsp3) is 0.800. The predicted molar refractivity (Wildman–Crippen MR) is 59.7 cm³/mol. The summed E-state index contributed by atoms with van der Waals surface area (Å²) in [6.07, 6.45) is 0.663. The molecule has 0 bridgehead atoms. The van der Waals surface area contributed by atoms with Crippen molar-refractivity contribution in [2.24, 2.45) is 5.73 Å². The molecule has 0 rings (SSSR count). The van der Waals surface area contributed by atoms with Crippen LogP contribution in [0.5, 0.6) is 0 Å². The van der Waals surface area contributed by atoms with E-state index in [1.165, 1.54) is 0 Å². The summed E-state index contributed by atoms with van der Waals surface area (Å²) in [5, 5.41) is 20.1. The van der Waals surface area contributed by atoms with Gasteiger partial charge in [-0.25, -0.2) is 4.79 Å². The van der Waals surface area contributed by atoms with E-state index in [0.29, 0.717) is 6.42 Å². The molecule has 2 unspecified atom stereocenters. The zero-order chi connectivity index (χ0) is 13.5. The molecule has 0 aliphatic carbocycles. The number of nitrogens with one attached hydrogen (secondary N) is 1. The van der Waals surface area contributed by atoms with Crippen molar-refractivity contribution in [3.63, 3.8) is 0 Å². The quantitative estimate of drug-likeness (QED) is 0.257. The molecular formula is C10H20N2O5. The maximum atomic E-state index is 11.3. The van der Waals surface area contributed by atoms with Gasteiger partial charge < -0.3 is 20.3 Å². The highest BCUT2D eigenvalue weighted by Gasteiger charge is 2.30. The van der Waals surface area contributed by atoms with Crippen LogP contribution in [-0.4, -0.2) is 47.1 Å². The lowest BCUT2D eigenvalue weighted by Gasteiger charge is -2.25. The van der Waals surface area contributed by atoms with Crippen molar-refractivity contribution in [1.29, 1.82) is 0 Å². The maximum absolute atomic E-state index is 11.3. The van der Waals surface area contributed by atoms with Gasteiger partial charge in [-0.1, -0.05) is 13.8 Å². The molecule has 17 heavy (non-hydrogen) atoms. The number of esters is 1. The van der Waals surface area contributed by atoms with Gasteiger partial charge in [0.05, 0.1) is 19.3 Å². The van der Waals surface area contributed by atoms with Crippen LogP contribution in [0.25, 0.3) is 0 Å². The number of carbonyl (C=O) groups is 2. The Bertz CT molecular complexity index is 261. The Morgan fingerprint density at radius 3 is 2.35 bits per heavy atom. The van der Waals surface area contributed by atoms with E-state index in [4.69, 9.17) is 15.9 Å². The first-order valence-electron chi connectivity index (χ1n) is 5.46. The number of aliphatic hydroxyl groups excluding tert-OH is 2. The van der Waals surface area contributed by atoms with Crippen molar-refractivity contribution in [3.05, 3.63) is 0 Å². The van der Waals surface area contributed by atoms with Gasteiger partial charge in [0.2, 0.25) is 0 Å². The molecule has 0 saturated heterocycles. The molecule has 0 aromatic heterocycles. The molecule has 2 atom stereocenters. The summed E-state index contributed by atoms with van der Waals surface area (Å²) in [5.41, 5.74) is 3.96. The summed E-state index contributed by atoms with van der Waals surface area (Å²) in [4.78, 5) is 22.7. The predicted octanol–water partition coefficient (Wildman–Crippen LogP) is -1.53. The standard InChI is InChI=1S/C10H20N2O5/c1-3-7(5-13)12-8(15)9(16)17-10(11,4-2)6-14/h7,13-14H,3-6,11H2,1-2H3,(H,12,15). The molecule has 0 aromatic rings. The number of nitrogens with two attached hydrogens (primary N) is 1. The Kier molecular flexibility index (Phi) is 6.71. The highest BCUT2D eigenvalue weighted by molar-refractivity contribution is 6.32. The zero-order valence-electron chi connectivity index (χ0n) is 10.1. The van der Waals surface area contributed by atoms with Crippen molar-refractivity contribution in [2.45, 2.75) is 38.5 Å². The smallest absolute Gasteiger partial charge is 0.398 e. The Morgan fingerprint density at radius 1 is 1.41 bits per heavy atom. The van der Waals surface area contributed by atoms with Crippen LogP contribution in [0.15, 0.2) is 0 Å². The van der Waals surface area contributed by atoms with Gasteiger partial charge in [-0.2, -0.15) is 0 Å². The number of amides is 1. The summed E-state index contributed by atoms with van der Waals surface area (Å²) in [6.45, 7) is 2.53. The second-order valence-electron chi connectivity index (χ2n) is 3.73. The van der Waals surface area contributed by atoms with Gasteiger partial charge in [0, 0.05) is 6.42 Å². The van der Waals surface area contributed by atoms with E-state index in [0.717, 1.165) is 0 Å². The Morgan fingerprint density at radius 2 is 2.00 bits per heavy atom. The third-order valence-electron chi connectivity index (χ3n) is 2.40. The summed E-state index contributed by atoms with van der Waals surface area (Å²) in [6, 6.07) is -0.502. The molecule has 0 aliphatic heterocycles. The number of rotatable bonds is 6. The molecule has 100 valence electrons. The van der Waals surface area contributed by atoms with Gasteiger partial charge in [0.1, 0.15) is 0 Å². The zero-order valence-corrected chi connectivity index (χ0v) is 10.1. The second-order valence-corrected chi connectivity index (χ2v) is 3.73. The summed E-state index contributed by atoms with van der Waals surface area (Å²) < 4.78 is 4.68. The molecule has 0 heterocycles. The average Bonchev–Trinajstić information content (AvgIpc) is 2.35. The Hall–Kier alpha value is -1.18. The molecule has 7 nitrogen and oxygen atoms in total. The minimum absolute atomic E-state index is 0.180. The molecule has 0 aliphatic rings. The molecule has 0 radical (unpaired) electrons. The van der Waals surface area contributed by atoms with Crippen molar-refractivity contribution in [2.75, 3.05) is 13.2 Å². The van der Waals surface area contributed by atoms with Crippen molar-refractivity contribution < 1.29 is 24.5 Å². The van der Waals surface area contributed by atoms with Gasteiger partial charge >= 0.3 is 11.9 Å². The van der Waals surface area contributed by atoms with Gasteiger partial charge in [0.15, 0.2) is 5.72 Å². The van der Waals surface area contributed by atoms with Crippen LogP contribution in [0.2, 0.25) is 0 Å². The van der Waals surface area contributed by atoms with Crippen LogP contribution in [0.3, 0.4) is 0 Å². The van der Waals surface area contributed by atoms with E-state index >= 15 is 0 Å². The molecule has 0 spiro atoms. The first-order chi connectivity index (χ1) is 7.92. The lowest BCUT2D eigenvalue weighted by molar-refractivity contribution is -0.171. The first kappa shape index (κ1) is 15.8. The van der Waals surface area contributed by atoms with Gasteiger partial charge in [-0.05, 0) is 6.42 Å². The van der Waals surface area contributed by atoms with E-state index in [1.807, 2.05) is 0 Å². The number of hydrogen-bond donors (Lipinski definition) is 4. The fourth-order valence-electron chi connectivity index (χ4n) is 0.968. The van der Waals surface area contributed by atoms with E-state index in [2.05, 4.69) is 10.1 Å². The van der Waals surface area contributed by atoms with Gasteiger partial charge in [-0.3, -0.25) is 10.5 Å². The topological polar surface area (TPSA) is 122 Å². The monoisotopic (exact) mass is 248 g/mol. The molecule has 1 amide bonds. The third kappa shape index (κ3) is 5.12. The largest absolute Gasteiger partial charge is 0.434 e. The van der Waals surface area contributed by atoms with E-state index in [-0.39, 0.29) is 13.0 Å². The molecule has 0 aromatic carbocycles. The number of ether oxygens (including phenoxy) is 1. The van der Waals surface area contributed by atoms with E-state index in [9.17, 15) is 9.59 Å². The minimum Gasteiger partial charge on any atom is -0.434 e. The lowest BCUT2D eigenvalue weighted by atomic mass is 10.2. The van der Waals surface area contributed by atoms with Crippen LogP contribution in [-0.2, 0) is 14.3 Å². The average molecular weight is 248 g/mol. The van der Waals surface area contributed by atoms with Crippen LogP contribution in [0, 0.1) is 0 Å². The van der Waals surface area contributed by atoms with Crippen molar-refractivity contribution in [3.8, 4) is 0 Å². The highest BCUT2D eigenvalue weighted by atomic mass is 16.6. The van der Waals surface area contributed by atoms with Crippen LogP contribution in [0.4, 0.5) is 0 Å². The van der Waals surface area contributed by atoms with Crippen LogP contribution in [0.1, 0.15) is 26.7 Å². The summed E-state index contributed by atoms with van der Waals surface area (Å²) in [5.74, 6) is -2.15. The SMILES string of the molecule is CCC(CO)NC(=O)C(=O)OC(N)(CC)CO. The van der Waals surface area contributed by atoms with E-state index < -0.39 is 30.3 Å². The maximum Gasteiger partial charge on any atom is 0.398 e. The number of hydrogen-bond acceptors (Lipinski definition) is 6. The Labute approximate surface area is 99.9 Å². The fourth-order valence-corrected chi connectivity index (χ4v) is 0.968. The van der Waals surface area contributed by atoms with Crippen molar-refractivity contribution in [1.82, 2.24) is 5.32 Å².